The number of carbonyl (C=O) groups excluding carboxylic acids is 1. The molecule has 0 atom stereocenters. The second-order valence-corrected chi connectivity index (χ2v) is 6.59. The molecule has 0 bridgehead atoms. The van der Waals surface area contributed by atoms with Crippen LogP contribution < -0.4 is 22.3 Å². The average molecular weight is 368 g/mol. The van der Waals surface area contributed by atoms with E-state index in [0.717, 1.165) is 25.1 Å². The topological polar surface area (TPSA) is 37.9 Å². The molecule has 0 fully saturated rings. The van der Waals surface area contributed by atoms with Gasteiger partial charge in [0.2, 0.25) is 0 Å². The molecule has 134 valence electrons. The van der Waals surface area contributed by atoms with Crippen molar-refractivity contribution in [3.8, 4) is 11.3 Å². The van der Waals surface area contributed by atoms with E-state index in [0.29, 0.717) is 6.54 Å². The van der Waals surface area contributed by atoms with Crippen LogP contribution in [-0.4, -0.2) is 10.5 Å². The van der Waals surface area contributed by atoms with Gasteiger partial charge in [0.25, 0.3) is 11.7 Å². The second kappa shape index (κ2) is 7.75. The molecular formula is C21H22ClN3O. The van der Waals surface area contributed by atoms with E-state index >= 15 is 0 Å². The highest BCUT2D eigenvalue weighted by Gasteiger charge is 2.29. The molecule has 1 amide bonds. The van der Waals surface area contributed by atoms with Crippen LogP contribution in [0.1, 0.15) is 17.8 Å². The van der Waals surface area contributed by atoms with Gasteiger partial charge >= 0.3 is 0 Å². The molecule has 4 nitrogen and oxygen atoms in total. The molecule has 2 heterocycles. The number of halogens is 1. The molecule has 2 aromatic carbocycles. The van der Waals surface area contributed by atoms with Crippen LogP contribution in [-0.2, 0) is 24.3 Å². The summed E-state index contributed by atoms with van der Waals surface area (Å²) in [5.41, 5.74) is 4.49. The highest BCUT2D eigenvalue weighted by atomic mass is 35.5. The number of hydrogen-bond donors (Lipinski definition) is 1. The number of anilines is 1. The molecule has 4 rings (SSSR count). The number of hydrogen-bond acceptors (Lipinski definition) is 1. The van der Waals surface area contributed by atoms with Gasteiger partial charge in [-0.15, -0.1) is 0 Å². The van der Waals surface area contributed by atoms with Gasteiger partial charge in [0, 0.05) is 11.3 Å². The maximum atomic E-state index is 12.4. The number of fused-ring (bicyclic) bond motifs is 1. The first-order valence-corrected chi connectivity index (χ1v) is 8.74. The highest BCUT2D eigenvalue weighted by Crippen LogP contribution is 2.25. The molecular weight excluding hydrogens is 346 g/mol. The monoisotopic (exact) mass is 367 g/mol. The van der Waals surface area contributed by atoms with Gasteiger partial charge < -0.3 is 17.7 Å². The number of aromatic nitrogens is 2. The van der Waals surface area contributed by atoms with Gasteiger partial charge in [-0.05, 0) is 25.5 Å². The fraction of sp³-hybridized carbons (Fsp3) is 0.238. The standard InChI is InChI=1S/C21H21N3O.ClH/c1-16-9-11-17(12-10-16)19-14-23(21-8-5-13-24(19)21)15-20(25)22-18-6-3-2-4-7-18;/h2-4,6-7,9-12,14H,5,8,13,15H2,1H3;1H. The molecule has 1 aromatic heterocycles. The van der Waals surface area contributed by atoms with Gasteiger partial charge in [0.05, 0.1) is 13.0 Å². The van der Waals surface area contributed by atoms with Crippen molar-refractivity contribution in [3.63, 3.8) is 0 Å². The molecule has 0 aliphatic carbocycles. The molecule has 0 spiro atoms. The Hall–Kier alpha value is -2.59. The van der Waals surface area contributed by atoms with E-state index in [-0.39, 0.29) is 18.3 Å². The average Bonchev–Trinajstić information content (AvgIpc) is 3.21. The van der Waals surface area contributed by atoms with Crippen molar-refractivity contribution < 1.29 is 21.8 Å². The van der Waals surface area contributed by atoms with Crippen molar-refractivity contribution in [2.75, 3.05) is 5.32 Å². The van der Waals surface area contributed by atoms with E-state index in [9.17, 15) is 4.79 Å². The first-order chi connectivity index (χ1) is 12.2. The maximum absolute atomic E-state index is 12.4. The predicted molar refractivity (Wildman–Crippen MR) is 98.2 cm³/mol. The molecule has 1 aliphatic rings. The molecule has 1 N–H and O–H groups in total. The minimum atomic E-state index is 0. The Morgan fingerprint density at radius 1 is 1.12 bits per heavy atom. The van der Waals surface area contributed by atoms with Gasteiger partial charge in [0.15, 0.2) is 12.2 Å². The number of imidazole rings is 1. The summed E-state index contributed by atoms with van der Waals surface area (Å²) in [6, 6.07) is 18.2. The number of para-hydroxylation sites is 1. The van der Waals surface area contributed by atoms with Crippen molar-refractivity contribution in [1.82, 2.24) is 4.57 Å². The van der Waals surface area contributed by atoms with E-state index in [1.807, 2.05) is 30.3 Å². The van der Waals surface area contributed by atoms with Crippen LogP contribution >= 0.6 is 0 Å². The third kappa shape index (κ3) is 3.65. The summed E-state index contributed by atoms with van der Waals surface area (Å²) < 4.78 is 4.45. The minimum absolute atomic E-state index is 0. The number of carbonyl (C=O) groups is 1. The molecule has 3 aromatic rings. The van der Waals surface area contributed by atoms with Crippen molar-refractivity contribution in [1.29, 1.82) is 0 Å². The first kappa shape index (κ1) is 18.2. The molecule has 0 saturated carbocycles. The molecule has 1 aliphatic heterocycles. The van der Waals surface area contributed by atoms with Gasteiger partial charge in [-0.2, -0.15) is 0 Å². The molecule has 5 heteroatoms. The Labute approximate surface area is 159 Å². The van der Waals surface area contributed by atoms with E-state index < -0.39 is 0 Å². The van der Waals surface area contributed by atoms with Crippen LogP contribution in [0.3, 0.4) is 0 Å². The van der Waals surface area contributed by atoms with Crippen molar-refractivity contribution in [2.24, 2.45) is 0 Å². The Morgan fingerprint density at radius 2 is 1.85 bits per heavy atom. The van der Waals surface area contributed by atoms with Crippen LogP contribution in [0.15, 0.2) is 60.8 Å². The highest BCUT2D eigenvalue weighted by molar-refractivity contribution is 5.89. The number of aryl methyl sites for hydroxylation is 1. The number of amides is 1. The zero-order valence-electron chi connectivity index (χ0n) is 14.8. The lowest BCUT2D eigenvalue weighted by atomic mass is 10.1. The summed E-state index contributed by atoms with van der Waals surface area (Å²) in [5, 5.41) is 2.97. The normalized spacial score (nSPS) is 12.3. The van der Waals surface area contributed by atoms with E-state index in [1.54, 1.807) is 0 Å². The van der Waals surface area contributed by atoms with Crippen LogP contribution in [0.4, 0.5) is 5.69 Å². The lowest BCUT2D eigenvalue weighted by molar-refractivity contribution is -0.690. The van der Waals surface area contributed by atoms with Crippen molar-refractivity contribution in [3.05, 3.63) is 72.2 Å². The fourth-order valence-corrected chi connectivity index (χ4v) is 3.48. The summed E-state index contributed by atoms with van der Waals surface area (Å²) in [4.78, 5) is 12.4. The molecule has 0 radical (unpaired) electrons. The smallest absolute Gasteiger partial charge is 0.266 e. The van der Waals surface area contributed by atoms with Gasteiger partial charge in [-0.25, -0.2) is 9.13 Å². The summed E-state index contributed by atoms with van der Waals surface area (Å²) in [7, 11) is 0. The largest absolute Gasteiger partial charge is 1.00 e. The van der Waals surface area contributed by atoms with Gasteiger partial charge in [0.1, 0.15) is 6.20 Å². The summed E-state index contributed by atoms with van der Waals surface area (Å²) in [5.74, 6) is 1.24. The molecule has 26 heavy (non-hydrogen) atoms. The quantitative estimate of drug-likeness (QED) is 0.663. The SMILES string of the molecule is Cc1ccc(-c2c[n+](CC(=O)Nc3ccccc3)c3n2CCC3)cc1.[Cl-]. The lowest BCUT2D eigenvalue weighted by Crippen LogP contribution is -3.00. The Morgan fingerprint density at radius 3 is 2.58 bits per heavy atom. The third-order valence-corrected chi connectivity index (χ3v) is 4.71. The molecule has 0 unspecified atom stereocenters. The van der Waals surface area contributed by atoms with Crippen molar-refractivity contribution >= 4 is 11.6 Å². The number of nitrogens with one attached hydrogen (secondary N) is 1. The Bertz CT molecular complexity index is 901. The van der Waals surface area contributed by atoms with Gasteiger partial charge in [-0.1, -0.05) is 48.0 Å². The van der Waals surface area contributed by atoms with E-state index in [1.165, 1.54) is 22.6 Å². The fourth-order valence-electron chi connectivity index (χ4n) is 3.48. The lowest BCUT2D eigenvalue weighted by Gasteiger charge is -2.03. The summed E-state index contributed by atoms with van der Waals surface area (Å²) in [6.07, 6.45) is 4.27. The van der Waals surface area contributed by atoms with Gasteiger partial charge in [-0.3, -0.25) is 4.79 Å². The summed E-state index contributed by atoms with van der Waals surface area (Å²) >= 11 is 0. The zero-order valence-corrected chi connectivity index (χ0v) is 15.5. The second-order valence-electron chi connectivity index (χ2n) is 6.59. The number of benzene rings is 2. The van der Waals surface area contributed by atoms with E-state index in [2.05, 4.69) is 51.8 Å². The first-order valence-electron chi connectivity index (χ1n) is 8.74. The van der Waals surface area contributed by atoms with Crippen LogP contribution in [0, 0.1) is 6.92 Å². The maximum Gasteiger partial charge on any atom is 0.266 e. The minimum Gasteiger partial charge on any atom is -1.00 e. The Balaban J connectivity index is 0.00000196. The number of rotatable bonds is 4. The molecule has 0 saturated heterocycles. The van der Waals surface area contributed by atoms with Crippen LogP contribution in [0.25, 0.3) is 11.3 Å². The zero-order chi connectivity index (χ0) is 17.2. The Kier molecular flexibility index (Phi) is 5.43. The summed E-state index contributed by atoms with van der Waals surface area (Å²) in [6.45, 7) is 3.46. The third-order valence-electron chi connectivity index (χ3n) is 4.71. The predicted octanol–water partition coefficient (Wildman–Crippen LogP) is 0.340. The number of nitrogens with zero attached hydrogens (tertiary/aromatic N) is 2. The van der Waals surface area contributed by atoms with Crippen LogP contribution in [0.2, 0.25) is 0 Å². The van der Waals surface area contributed by atoms with Crippen molar-refractivity contribution in [2.45, 2.75) is 32.9 Å². The van der Waals surface area contributed by atoms with Crippen LogP contribution in [0.5, 0.6) is 0 Å². The van der Waals surface area contributed by atoms with E-state index in [4.69, 9.17) is 0 Å².